The van der Waals surface area contributed by atoms with Crippen LogP contribution in [0.15, 0.2) is 73.1 Å². The number of hydrogen-bond acceptors (Lipinski definition) is 10. The van der Waals surface area contributed by atoms with Crippen molar-refractivity contribution in [2.24, 2.45) is 17.3 Å². The van der Waals surface area contributed by atoms with Gasteiger partial charge in [-0.25, -0.2) is 19.4 Å². The first-order chi connectivity index (χ1) is 31.2. The first-order valence-corrected chi connectivity index (χ1v) is 22.6. The van der Waals surface area contributed by atoms with Crippen molar-refractivity contribution < 1.29 is 28.7 Å². The fraction of sp³-hybridized carbons (Fsp3) is 0.480. The standard InChI is InChI=1S/C38H44N8O3.C4H10.C3H5NO2.C3H8.C2H6O/c1-4-24-13-16-45(34(47)22-43-37(48)49-3)35(24)36-42-19-31(44-36)26-7-5-25(6-8-26)27-9-10-29-18-30(12-11-28(29)17-27)32-20-41-33(46(32)39)21-40-23-38(2)14-15-38;1-4(2)3;5-2-1-4-3-6;2*1-3-2/h5-12,17-20,24,35,40H,4,13-16,21-23,39H2,1-3H3,(H,42,44)(H,43,48);4H,1-3H3;2-3H,1H2,(H,4,6);3H2,1-2H3;1-2H3. The number of imidazole rings is 2. The number of hydrogen-bond donors (Lipinski definition) is 5. The van der Waals surface area contributed by atoms with E-state index in [2.05, 4.69) is 145 Å². The summed E-state index contributed by atoms with van der Waals surface area (Å²) in [6.07, 6.45) is 9.79. The Kier molecular flexibility index (Phi) is 22.4. The molecule has 1 saturated heterocycles. The lowest BCUT2D eigenvalue weighted by Crippen LogP contribution is -2.40. The first-order valence-electron chi connectivity index (χ1n) is 22.6. The lowest BCUT2D eigenvalue weighted by Gasteiger charge is -2.26. The SMILES string of the molecule is CC(C)C.CCC.CCC1CCN(C(=O)CNC(=O)OC)C1c1ncc(-c2ccc(-c3ccc4cc(-c5cnc(CNCC6(C)CC6)n5N)ccc4c3)cc2)[nH]1.COC.O=CCNC=O. The van der Waals surface area contributed by atoms with E-state index in [0.29, 0.717) is 31.2 Å². The minimum absolute atomic E-state index is 0.109. The average molecular weight is 896 g/mol. The number of H-pyrrole nitrogens is 1. The first kappa shape index (κ1) is 53.3. The summed E-state index contributed by atoms with van der Waals surface area (Å²) in [6.45, 7) is 17.5. The maximum absolute atomic E-state index is 13.0. The number of fused-ring (bicyclic) bond motifs is 1. The number of likely N-dealkylation sites (tertiary alicyclic amines) is 1. The molecule has 0 bridgehead atoms. The Balaban J connectivity index is 0.000000609. The molecular formula is C50H73N9O6. The second-order valence-electron chi connectivity index (χ2n) is 17.3. The van der Waals surface area contributed by atoms with Gasteiger partial charge in [0, 0.05) is 32.9 Å². The number of nitrogens with two attached hydrogens (primary N) is 1. The monoisotopic (exact) mass is 896 g/mol. The molecule has 15 heteroatoms. The number of amides is 3. The number of benzene rings is 3. The highest BCUT2D eigenvalue weighted by atomic mass is 16.5. The number of rotatable bonds is 14. The number of aromatic amines is 1. The number of nitrogens with one attached hydrogen (secondary N) is 4. The normalized spacial score (nSPS) is 15.4. The Morgan fingerprint density at radius 1 is 0.908 bits per heavy atom. The molecule has 3 heterocycles. The van der Waals surface area contributed by atoms with E-state index in [4.69, 9.17) is 10.8 Å². The van der Waals surface area contributed by atoms with Crippen LogP contribution in [-0.4, -0.2) is 96.7 Å². The molecule has 5 aromatic rings. The van der Waals surface area contributed by atoms with Crippen LogP contribution in [0.25, 0.3) is 44.4 Å². The van der Waals surface area contributed by atoms with Crippen molar-refractivity contribution >= 4 is 35.5 Å². The smallest absolute Gasteiger partial charge is 0.407 e. The minimum Gasteiger partial charge on any atom is -0.453 e. The Labute approximate surface area is 385 Å². The number of nitrogen functional groups attached to an aromatic ring is 1. The third kappa shape index (κ3) is 16.5. The molecule has 6 N–H and O–H groups in total. The molecule has 2 aromatic heterocycles. The van der Waals surface area contributed by atoms with Gasteiger partial charge in [-0.3, -0.25) is 9.59 Å². The number of alkyl carbamates (subject to hydrolysis) is 1. The third-order valence-electron chi connectivity index (χ3n) is 10.6. The van der Waals surface area contributed by atoms with Crippen LogP contribution in [0.3, 0.4) is 0 Å². The molecule has 354 valence electrons. The second-order valence-corrected chi connectivity index (χ2v) is 17.3. The van der Waals surface area contributed by atoms with Crippen LogP contribution in [-0.2, 0) is 30.4 Å². The van der Waals surface area contributed by atoms with Gasteiger partial charge in [0.1, 0.15) is 24.5 Å². The van der Waals surface area contributed by atoms with Crippen LogP contribution in [0.4, 0.5) is 4.79 Å². The highest BCUT2D eigenvalue weighted by Gasteiger charge is 2.39. The Bertz CT molecular complexity index is 2200. The average Bonchev–Trinajstić information content (AvgIpc) is 3.61. The van der Waals surface area contributed by atoms with Crippen molar-refractivity contribution in [3.63, 3.8) is 0 Å². The van der Waals surface area contributed by atoms with Crippen LogP contribution in [0.2, 0.25) is 0 Å². The summed E-state index contributed by atoms with van der Waals surface area (Å²) in [7, 11) is 4.53. The minimum atomic E-state index is -0.621. The van der Waals surface area contributed by atoms with Crippen LogP contribution in [0, 0.1) is 17.3 Å². The summed E-state index contributed by atoms with van der Waals surface area (Å²) in [5.74, 6) is 9.02. The molecule has 2 fully saturated rings. The van der Waals surface area contributed by atoms with E-state index >= 15 is 0 Å². The van der Waals surface area contributed by atoms with Crippen molar-refractivity contribution in [3.05, 3.63) is 84.7 Å². The molecule has 1 saturated carbocycles. The van der Waals surface area contributed by atoms with Crippen molar-refractivity contribution in [2.45, 2.75) is 93.2 Å². The number of carbonyl (C=O) groups is 4. The molecule has 3 aromatic carbocycles. The van der Waals surface area contributed by atoms with Gasteiger partial charge in [-0.1, -0.05) is 110 Å². The van der Waals surface area contributed by atoms with Crippen LogP contribution in [0.5, 0.6) is 0 Å². The molecular weight excluding hydrogens is 823 g/mol. The van der Waals surface area contributed by atoms with Gasteiger partial charge < -0.3 is 45.9 Å². The number of aromatic nitrogens is 4. The predicted molar refractivity (Wildman–Crippen MR) is 260 cm³/mol. The number of carbonyl (C=O) groups excluding carboxylic acids is 4. The molecule has 0 spiro atoms. The summed E-state index contributed by atoms with van der Waals surface area (Å²) in [5.41, 5.74) is 6.52. The molecule has 0 radical (unpaired) electrons. The topological polar surface area (TPSA) is 199 Å². The number of nitrogens with zero attached hydrogens (tertiary/aromatic N) is 4. The summed E-state index contributed by atoms with van der Waals surface area (Å²) in [6, 6.07) is 21.2. The molecule has 2 atom stereocenters. The molecule has 1 aliphatic heterocycles. The van der Waals surface area contributed by atoms with E-state index < -0.39 is 6.09 Å². The molecule has 2 unspecified atom stereocenters. The van der Waals surface area contributed by atoms with Crippen molar-refractivity contribution in [2.75, 3.05) is 53.4 Å². The molecule has 65 heavy (non-hydrogen) atoms. The Hall–Kier alpha value is -6.06. The van der Waals surface area contributed by atoms with Crippen LogP contribution >= 0.6 is 0 Å². The van der Waals surface area contributed by atoms with Crippen LogP contribution in [0.1, 0.15) is 98.3 Å². The van der Waals surface area contributed by atoms with E-state index in [1.54, 1.807) is 18.9 Å². The molecule has 3 amide bonds. The third-order valence-corrected chi connectivity index (χ3v) is 10.6. The summed E-state index contributed by atoms with van der Waals surface area (Å²) >= 11 is 0. The summed E-state index contributed by atoms with van der Waals surface area (Å²) < 4.78 is 10.6. The van der Waals surface area contributed by atoms with Crippen LogP contribution < -0.4 is 21.8 Å². The fourth-order valence-corrected chi connectivity index (χ4v) is 7.02. The number of ether oxygens (including phenoxy) is 2. The van der Waals surface area contributed by atoms with Gasteiger partial charge in [-0.15, -0.1) is 0 Å². The predicted octanol–water partition coefficient (Wildman–Crippen LogP) is 8.29. The largest absolute Gasteiger partial charge is 0.453 e. The quantitative estimate of drug-likeness (QED) is 0.0411. The Morgan fingerprint density at radius 2 is 1.49 bits per heavy atom. The highest BCUT2D eigenvalue weighted by Crippen LogP contribution is 2.44. The molecule has 2 aliphatic rings. The van der Waals surface area contributed by atoms with Gasteiger partial charge in [-0.2, -0.15) is 0 Å². The van der Waals surface area contributed by atoms with E-state index in [-0.39, 0.29) is 31.0 Å². The van der Waals surface area contributed by atoms with Gasteiger partial charge in [0.25, 0.3) is 0 Å². The van der Waals surface area contributed by atoms with Gasteiger partial charge in [0.05, 0.1) is 50.0 Å². The zero-order valence-corrected chi connectivity index (χ0v) is 40.2. The van der Waals surface area contributed by atoms with Crippen molar-refractivity contribution in [1.29, 1.82) is 0 Å². The lowest BCUT2D eigenvalue weighted by atomic mass is 9.97. The van der Waals surface area contributed by atoms with Gasteiger partial charge in [0.2, 0.25) is 12.3 Å². The number of aldehydes is 1. The molecule has 1 aliphatic carbocycles. The maximum atomic E-state index is 13.0. The lowest BCUT2D eigenvalue weighted by molar-refractivity contribution is -0.131. The van der Waals surface area contributed by atoms with Gasteiger partial charge in [-0.05, 0) is 76.1 Å². The Morgan fingerprint density at radius 3 is 2.05 bits per heavy atom. The maximum Gasteiger partial charge on any atom is 0.407 e. The van der Waals surface area contributed by atoms with Crippen molar-refractivity contribution in [1.82, 2.24) is 40.5 Å². The second kappa shape index (κ2) is 27.3. The molecule has 7 rings (SSSR count). The van der Waals surface area contributed by atoms with E-state index in [1.165, 1.54) is 26.4 Å². The van der Waals surface area contributed by atoms with Gasteiger partial charge >= 0.3 is 6.09 Å². The fourth-order valence-electron chi connectivity index (χ4n) is 7.02. The molecule has 15 nitrogen and oxygen atoms in total. The van der Waals surface area contributed by atoms with Crippen molar-refractivity contribution in [3.8, 4) is 33.6 Å². The summed E-state index contributed by atoms with van der Waals surface area (Å²) in [4.78, 5) is 57.8. The number of methoxy groups -OCH3 is 2. The van der Waals surface area contributed by atoms with E-state index in [9.17, 15) is 19.2 Å². The summed E-state index contributed by atoms with van der Waals surface area (Å²) in [5, 5.41) is 10.4. The zero-order chi connectivity index (χ0) is 47.9. The van der Waals surface area contributed by atoms with Gasteiger partial charge in [0.15, 0.2) is 0 Å². The zero-order valence-electron chi connectivity index (χ0n) is 40.2. The van der Waals surface area contributed by atoms with E-state index in [0.717, 1.165) is 81.4 Å². The van der Waals surface area contributed by atoms with E-state index in [1.807, 2.05) is 17.3 Å². The highest BCUT2D eigenvalue weighted by molar-refractivity contribution is 5.90.